The summed E-state index contributed by atoms with van der Waals surface area (Å²) in [6.45, 7) is 6.92. The quantitative estimate of drug-likeness (QED) is 0.269. The lowest BCUT2D eigenvalue weighted by Crippen LogP contribution is -2.25. The van der Waals surface area contributed by atoms with Crippen LogP contribution in [0.1, 0.15) is 30.9 Å². The highest BCUT2D eigenvalue weighted by Crippen LogP contribution is 2.40. The van der Waals surface area contributed by atoms with Gasteiger partial charge in [0, 0.05) is 16.1 Å². The second kappa shape index (κ2) is 10.4. The van der Waals surface area contributed by atoms with Gasteiger partial charge in [-0.05, 0) is 104 Å². The Kier molecular flexibility index (Phi) is 6.94. The lowest BCUT2D eigenvalue weighted by atomic mass is 9.99. The van der Waals surface area contributed by atoms with Gasteiger partial charge in [0.25, 0.3) is 0 Å². The van der Waals surface area contributed by atoms with Gasteiger partial charge < -0.3 is 9.47 Å². The Morgan fingerprint density at radius 1 is 0.818 bits per heavy atom. The Labute approximate surface area is 200 Å². The number of ether oxygens (including phenoxy) is 2. The molecule has 2 heterocycles. The lowest BCUT2D eigenvalue weighted by Gasteiger charge is -2.15. The molecule has 0 amide bonds. The first kappa shape index (κ1) is 22.0. The van der Waals surface area contributed by atoms with Crippen molar-refractivity contribution in [3.05, 3.63) is 83.9 Å². The normalized spacial score (nSPS) is 14.1. The van der Waals surface area contributed by atoms with E-state index in [9.17, 15) is 0 Å². The molecule has 3 aromatic carbocycles. The maximum Gasteiger partial charge on any atom is 0.119 e. The third kappa shape index (κ3) is 5.23. The number of fused-ring (bicyclic) bond motifs is 1. The van der Waals surface area contributed by atoms with Crippen LogP contribution in [0.15, 0.2) is 72.8 Å². The Morgan fingerprint density at radius 3 is 2.27 bits per heavy atom. The van der Waals surface area contributed by atoms with Gasteiger partial charge in [0.05, 0.1) is 6.61 Å². The molecule has 4 aromatic rings. The Balaban J connectivity index is 1.34. The third-order valence-corrected chi connectivity index (χ3v) is 7.57. The zero-order chi connectivity index (χ0) is 22.5. The van der Waals surface area contributed by atoms with Gasteiger partial charge in [-0.1, -0.05) is 30.3 Å². The Hall–Kier alpha value is -2.82. The van der Waals surface area contributed by atoms with Crippen LogP contribution in [-0.4, -0.2) is 37.7 Å². The molecule has 33 heavy (non-hydrogen) atoms. The fraction of sp³-hybridized carbons (Fsp3) is 0.310. The van der Waals surface area contributed by atoms with Gasteiger partial charge in [-0.3, -0.25) is 4.90 Å². The summed E-state index contributed by atoms with van der Waals surface area (Å²) in [5.41, 5.74) is 3.94. The van der Waals surface area contributed by atoms with Crippen molar-refractivity contribution in [1.29, 1.82) is 0 Å². The van der Waals surface area contributed by atoms with Crippen molar-refractivity contribution < 1.29 is 9.47 Å². The first-order valence-electron chi connectivity index (χ1n) is 12.0. The summed E-state index contributed by atoms with van der Waals surface area (Å²) in [6, 6.07) is 25.9. The summed E-state index contributed by atoms with van der Waals surface area (Å²) in [6.07, 6.45) is 3.55. The number of thiophene rings is 1. The average molecular weight is 458 g/mol. The van der Waals surface area contributed by atoms with Crippen LogP contribution in [0.5, 0.6) is 11.5 Å². The standard InChI is InChI=1S/C29H31NO2S/c1-2-31-24-15-11-23(12-16-24)29-27(26-7-3-4-8-28(26)33-29)21-22-9-13-25(14-10-22)32-20-19-30-17-5-6-18-30/h3-4,7-16H,2,5-6,17-21H2,1H3. The smallest absolute Gasteiger partial charge is 0.119 e. The SMILES string of the molecule is CCOc1ccc(-c2sc3ccccc3c2Cc2ccc(OCCN3CCCC3)cc2)cc1. The van der Waals surface area contributed by atoms with E-state index in [-0.39, 0.29) is 0 Å². The molecule has 0 radical (unpaired) electrons. The molecule has 0 atom stereocenters. The Bertz CT molecular complexity index is 1170. The van der Waals surface area contributed by atoms with Gasteiger partial charge >= 0.3 is 0 Å². The fourth-order valence-corrected chi connectivity index (χ4v) is 5.81. The van der Waals surface area contributed by atoms with Gasteiger partial charge in [0.15, 0.2) is 0 Å². The fourth-order valence-electron chi connectivity index (χ4n) is 4.58. The molecule has 0 N–H and O–H groups in total. The van der Waals surface area contributed by atoms with Crippen molar-refractivity contribution >= 4 is 21.4 Å². The molecule has 1 aliphatic heterocycles. The number of hydrogen-bond donors (Lipinski definition) is 0. The second-order valence-electron chi connectivity index (χ2n) is 8.58. The number of hydrogen-bond acceptors (Lipinski definition) is 4. The van der Waals surface area contributed by atoms with Gasteiger partial charge in [0.1, 0.15) is 18.1 Å². The van der Waals surface area contributed by atoms with Crippen LogP contribution >= 0.6 is 11.3 Å². The molecule has 0 bridgehead atoms. The number of nitrogens with zero attached hydrogens (tertiary/aromatic N) is 1. The van der Waals surface area contributed by atoms with Crippen molar-refractivity contribution in [3.8, 4) is 21.9 Å². The van der Waals surface area contributed by atoms with Crippen LogP contribution < -0.4 is 9.47 Å². The highest BCUT2D eigenvalue weighted by molar-refractivity contribution is 7.22. The molecule has 0 saturated carbocycles. The average Bonchev–Trinajstić information content (AvgIpc) is 3.49. The van der Waals surface area contributed by atoms with E-state index in [1.54, 1.807) is 0 Å². The third-order valence-electron chi connectivity index (χ3n) is 6.30. The van der Waals surface area contributed by atoms with E-state index in [0.717, 1.165) is 31.1 Å². The second-order valence-corrected chi connectivity index (χ2v) is 9.63. The molecule has 0 spiro atoms. The van der Waals surface area contributed by atoms with Crippen LogP contribution in [0, 0.1) is 0 Å². The lowest BCUT2D eigenvalue weighted by molar-refractivity contribution is 0.238. The zero-order valence-electron chi connectivity index (χ0n) is 19.3. The Morgan fingerprint density at radius 2 is 1.52 bits per heavy atom. The molecule has 170 valence electrons. The summed E-state index contributed by atoms with van der Waals surface area (Å²) in [5, 5.41) is 1.34. The maximum atomic E-state index is 6.00. The summed E-state index contributed by atoms with van der Waals surface area (Å²) in [4.78, 5) is 3.82. The van der Waals surface area contributed by atoms with E-state index < -0.39 is 0 Å². The molecule has 1 aliphatic rings. The minimum Gasteiger partial charge on any atom is -0.494 e. The van der Waals surface area contributed by atoms with Crippen molar-refractivity contribution in [2.24, 2.45) is 0 Å². The van der Waals surface area contributed by atoms with Gasteiger partial charge in [-0.2, -0.15) is 0 Å². The van der Waals surface area contributed by atoms with E-state index in [1.165, 1.54) is 57.6 Å². The van der Waals surface area contributed by atoms with Gasteiger partial charge in [-0.15, -0.1) is 11.3 Å². The molecule has 3 nitrogen and oxygen atoms in total. The molecule has 1 saturated heterocycles. The monoisotopic (exact) mass is 457 g/mol. The van der Waals surface area contributed by atoms with E-state index in [1.807, 2.05) is 18.3 Å². The summed E-state index contributed by atoms with van der Waals surface area (Å²) >= 11 is 1.87. The summed E-state index contributed by atoms with van der Waals surface area (Å²) in [5.74, 6) is 1.88. The molecular weight excluding hydrogens is 426 g/mol. The molecule has 4 heteroatoms. The van der Waals surface area contributed by atoms with Crippen molar-refractivity contribution in [3.63, 3.8) is 0 Å². The molecule has 1 aromatic heterocycles. The van der Waals surface area contributed by atoms with Crippen LogP contribution in [0.25, 0.3) is 20.5 Å². The highest BCUT2D eigenvalue weighted by atomic mass is 32.1. The molecular formula is C29H31NO2S. The number of rotatable bonds is 9. The highest BCUT2D eigenvalue weighted by Gasteiger charge is 2.15. The molecule has 0 unspecified atom stereocenters. The zero-order valence-corrected chi connectivity index (χ0v) is 20.1. The van der Waals surface area contributed by atoms with E-state index in [0.29, 0.717) is 6.61 Å². The minimum absolute atomic E-state index is 0.686. The van der Waals surface area contributed by atoms with Crippen LogP contribution in [0.2, 0.25) is 0 Å². The minimum atomic E-state index is 0.686. The summed E-state index contributed by atoms with van der Waals surface area (Å²) in [7, 11) is 0. The predicted molar refractivity (Wildman–Crippen MR) is 139 cm³/mol. The number of likely N-dealkylation sites (tertiary alicyclic amines) is 1. The van der Waals surface area contributed by atoms with Crippen molar-refractivity contribution in [2.45, 2.75) is 26.2 Å². The van der Waals surface area contributed by atoms with Crippen LogP contribution in [-0.2, 0) is 6.42 Å². The van der Waals surface area contributed by atoms with Gasteiger partial charge in [-0.25, -0.2) is 0 Å². The van der Waals surface area contributed by atoms with Crippen LogP contribution in [0.4, 0.5) is 0 Å². The van der Waals surface area contributed by atoms with Crippen molar-refractivity contribution in [2.75, 3.05) is 32.8 Å². The largest absolute Gasteiger partial charge is 0.494 e. The first-order chi connectivity index (χ1) is 16.3. The molecule has 0 aliphatic carbocycles. The van der Waals surface area contributed by atoms with E-state index in [2.05, 4.69) is 77.7 Å². The van der Waals surface area contributed by atoms with Gasteiger partial charge in [0.2, 0.25) is 0 Å². The topological polar surface area (TPSA) is 21.7 Å². The molecule has 5 rings (SSSR count). The van der Waals surface area contributed by atoms with Crippen LogP contribution in [0.3, 0.4) is 0 Å². The molecule has 1 fully saturated rings. The van der Waals surface area contributed by atoms with E-state index >= 15 is 0 Å². The predicted octanol–water partition coefficient (Wildman–Crippen LogP) is 7.03. The first-order valence-corrected chi connectivity index (χ1v) is 12.8. The summed E-state index contributed by atoms with van der Waals surface area (Å²) < 4.78 is 13.0. The number of benzene rings is 3. The van der Waals surface area contributed by atoms with Crippen molar-refractivity contribution in [1.82, 2.24) is 4.90 Å². The maximum absolute atomic E-state index is 6.00. The van der Waals surface area contributed by atoms with E-state index in [4.69, 9.17) is 9.47 Å².